The molecule has 0 radical (unpaired) electrons. The first-order valence-corrected chi connectivity index (χ1v) is 21.1. The van der Waals surface area contributed by atoms with Crippen molar-refractivity contribution in [2.75, 3.05) is 74.6 Å². The molecule has 0 atom stereocenters. The van der Waals surface area contributed by atoms with Gasteiger partial charge in [-0.15, -0.1) is 0 Å². The van der Waals surface area contributed by atoms with Crippen molar-refractivity contribution in [3.8, 4) is 46.0 Å². The molecule has 0 aliphatic carbocycles. The summed E-state index contributed by atoms with van der Waals surface area (Å²) in [4.78, 5) is 32.7. The summed E-state index contributed by atoms with van der Waals surface area (Å²) < 4.78 is 26.7. The van der Waals surface area contributed by atoms with Crippen LogP contribution in [0.3, 0.4) is 0 Å². The number of benzene rings is 4. The van der Waals surface area contributed by atoms with Gasteiger partial charge in [0, 0.05) is 115 Å². The second-order valence-electron chi connectivity index (χ2n) is 16.6. The predicted molar refractivity (Wildman–Crippen MR) is 244 cm³/mol. The predicted octanol–water partition coefficient (Wildman–Crippen LogP) is 6.86. The number of hydrogen-bond donors (Lipinski definition) is 4. The molecule has 3 aliphatic rings. The Hall–Kier alpha value is -6.94. The van der Waals surface area contributed by atoms with E-state index in [4.69, 9.17) is 18.9 Å². The molecule has 5 heterocycles. The highest BCUT2D eigenvalue weighted by molar-refractivity contribution is 6.17. The highest BCUT2D eigenvalue weighted by Gasteiger charge is 2.33. The van der Waals surface area contributed by atoms with Crippen LogP contribution in [-0.4, -0.2) is 130 Å². The lowest BCUT2D eigenvalue weighted by Crippen LogP contribution is -2.45. The lowest BCUT2D eigenvalue weighted by Gasteiger charge is -2.32. The number of aromatic hydroxyl groups is 4. The number of ketones is 2. The van der Waals surface area contributed by atoms with Crippen LogP contribution in [0, 0.1) is 6.92 Å². The van der Waals surface area contributed by atoms with E-state index in [0.717, 1.165) is 121 Å². The average Bonchev–Trinajstić information content (AvgIpc) is 3.95. The normalized spacial score (nSPS) is 16.4. The van der Waals surface area contributed by atoms with Crippen molar-refractivity contribution in [3.63, 3.8) is 0 Å². The molecule has 64 heavy (non-hydrogen) atoms. The second kappa shape index (κ2) is 18.0. The molecule has 0 unspecified atom stereocenters. The van der Waals surface area contributed by atoms with Crippen LogP contribution in [-0.2, 0) is 13.1 Å². The molecule has 0 saturated carbocycles. The number of aryl methyl sites for hydroxylation is 1. The summed E-state index contributed by atoms with van der Waals surface area (Å²) in [6.45, 7) is 9.84. The van der Waals surface area contributed by atoms with E-state index in [1.165, 1.54) is 12.1 Å². The minimum atomic E-state index is -0.418. The number of phenolic OH excluding ortho intramolecular Hbond substituents is 4. The summed E-state index contributed by atoms with van der Waals surface area (Å²) in [5.41, 5.74) is 4.92. The Kier molecular flexibility index (Phi) is 12.3. The molecule has 334 valence electrons. The minimum Gasteiger partial charge on any atom is -0.508 e. The molecule has 0 amide bonds. The summed E-state index contributed by atoms with van der Waals surface area (Å²) >= 11 is 0. The topological polar surface area (TPSA) is 172 Å². The number of Topliss-reactive ketones (excluding diaryl/α,β-unsaturated/α-hetero) is 2. The van der Waals surface area contributed by atoms with E-state index in [1.54, 1.807) is 26.4 Å². The Morgan fingerprint density at radius 2 is 1.27 bits per heavy atom. The number of methoxy groups -OCH3 is 2. The summed E-state index contributed by atoms with van der Waals surface area (Å²) in [6, 6.07) is 16.7. The number of hydrogen-bond acceptors (Lipinski definition) is 13. The molecular formula is C49H53N5O10. The number of ether oxygens (including phenoxy) is 4. The van der Waals surface area contributed by atoms with Gasteiger partial charge in [-0.25, -0.2) is 0 Å². The van der Waals surface area contributed by atoms with Gasteiger partial charge in [0.15, 0.2) is 11.5 Å². The van der Waals surface area contributed by atoms with Crippen molar-refractivity contribution in [3.05, 3.63) is 106 Å². The highest BCUT2D eigenvalue weighted by atomic mass is 16.5. The van der Waals surface area contributed by atoms with E-state index < -0.39 is 11.6 Å². The highest BCUT2D eigenvalue weighted by Crippen LogP contribution is 2.43. The van der Waals surface area contributed by atoms with Gasteiger partial charge in [0.2, 0.25) is 11.6 Å². The Labute approximate surface area is 370 Å². The molecule has 0 spiro atoms. The fourth-order valence-corrected chi connectivity index (χ4v) is 8.51. The van der Waals surface area contributed by atoms with Crippen molar-refractivity contribution in [1.82, 2.24) is 23.8 Å². The number of likely N-dealkylation sites (N-methyl/N-ethyl adjacent to an activating group) is 1. The van der Waals surface area contributed by atoms with Gasteiger partial charge in [-0.3, -0.25) is 14.5 Å². The molecule has 3 aliphatic heterocycles. The van der Waals surface area contributed by atoms with Crippen LogP contribution in [0.25, 0.3) is 34.0 Å². The number of carbonyl (C=O) groups is 2. The van der Waals surface area contributed by atoms with Gasteiger partial charge in [0.1, 0.15) is 57.1 Å². The largest absolute Gasteiger partial charge is 0.508 e. The first-order valence-electron chi connectivity index (χ1n) is 21.1. The van der Waals surface area contributed by atoms with Gasteiger partial charge in [0.25, 0.3) is 0 Å². The molecular weight excluding hydrogens is 819 g/mol. The molecule has 4 aromatic carbocycles. The number of carbonyl (C=O) groups excluding carboxylic acids is 2. The van der Waals surface area contributed by atoms with Gasteiger partial charge >= 0.3 is 0 Å². The van der Waals surface area contributed by atoms with Gasteiger partial charge < -0.3 is 58.3 Å². The van der Waals surface area contributed by atoms with Crippen LogP contribution in [0.15, 0.2) is 78.4 Å². The Balaban J connectivity index is 0.000000176. The van der Waals surface area contributed by atoms with Crippen molar-refractivity contribution < 1.29 is 49.0 Å². The Morgan fingerprint density at radius 1 is 0.703 bits per heavy atom. The van der Waals surface area contributed by atoms with Crippen molar-refractivity contribution in [2.45, 2.75) is 26.4 Å². The smallest absolute Gasteiger partial charge is 0.235 e. The van der Waals surface area contributed by atoms with Gasteiger partial charge in [0.05, 0.1) is 14.2 Å². The van der Waals surface area contributed by atoms with E-state index in [2.05, 4.69) is 30.9 Å². The third-order valence-electron chi connectivity index (χ3n) is 12.0. The summed E-state index contributed by atoms with van der Waals surface area (Å²) in [5, 5.41) is 41.5. The first-order chi connectivity index (χ1) is 30.7. The number of aromatic nitrogens is 2. The molecule has 2 aromatic heterocycles. The molecule has 4 N–H and O–H groups in total. The van der Waals surface area contributed by atoms with Gasteiger partial charge in [-0.05, 0) is 89.6 Å². The van der Waals surface area contributed by atoms with Crippen LogP contribution in [0.1, 0.15) is 44.0 Å². The lowest BCUT2D eigenvalue weighted by atomic mass is 10.1. The van der Waals surface area contributed by atoms with Crippen molar-refractivity contribution in [1.29, 1.82) is 0 Å². The van der Waals surface area contributed by atoms with Crippen LogP contribution in [0.5, 0.6) is 46.0 Å². The summed E-state index contributed by atoms with van der Waals surface area (Å²) in [7, 11) is 9.49. The maximum atomic E-state index is 13.0. The van der Waals surface area contributed by atoms with Crippen LogP contribution >= 0.6 is 0 Å². The number of allylic oxidation sites excluding steroid dienone is 2. The fourth-order valence-electron chi connectivity index (χ4n) is 8.51. The van der Waals surface area contributed by atoms with Gasteiger partial charge in [-0.2, -0.15) is 0 Å². The third-order valence-corrected chi connectivity index (χ3v) is 12.0. The fraction of sp³-hybridized carbons (Fsp3) is 0.306. The zero-order valence-electron chi connectivity index (χ0n) is 36.8. The number of piperazine rings is 1. The number of phenols is 4. The molecule has 15 nitrogen and oxygen atoms in total. The van der Waals surface area contributed by atoms with Crippen LogP contribution in [0.2, 0.25) is 0 Å². The quantitative estimate of drug-likeness (QED) is 0.0997. The molecule has 9 rings (SSSR count). The number of fused-ring (bicyclic) bond motifs is 4. The van der Waals surface area contributed by atoms with Gasteiger partial charge in [-0.1, -0.05) is 0 Å². The zero-order valence-corrected chi connectivity index (χ0v) is 36.8. The number of nitrogens with zero attached hydrogens (tertiary/aromatic N) is 5. The lowest BCUT2D eigenvalue weighted by molar-refractivity contribution is 0.100. The SMILES string of the molecule is COc1ccc2c(c1)c(/C=C1\Oc3cc(O)cc(O)c3C1=O)c(C)n2CCN1CCN(C)CC1.COc1ccc2c(c1)c(/C=C1\Oc3cc(O)cc(O)c3C1=O)cn2CCCN(C)C. The Morgan fingerprint density at radius 3 is 1.84 bits per heavy atom. The monoisotopic (exact) mass is 871 g/mol. The third kappa shape index (κ3) is 8.69. The molecule has 1 fully saturated rings. The minimum absolute atomic E-state index is 0.0614. The van der Waals surface area contributed by atoms with Crippen molar-refractivity contribution in [2.24, 2.45) is 0 Å². The average molecular weight is 872 g/mol. The van der Waals surface area contributed by atoms with E-state index >= 15 is 0 Å². The second-order valence-corrected chi connectivity index (χ2v) is 16.6. The maximum absolute atomic E-state index is 13.0. The maximum Gasteiger partial charge on any atom is 0.235 e. The molecule has 1 saturated heterocycles. The van der Waals surface area contributed by atoms with Crippen LogP contribution in [0.4, 0.5) is 0 Å². The standard InChI is InChI=1S/C26H29N3O5.C23H24N2O5/c1-16-19(15-24-26(32)25-22(31)12-17(30)13-23(25)34-24)20-14-18(33-3)4-5-21(20)29(16)11-10-28-8-6-27(2)7-9-28;1-24(2)7-4-8-25-13-14(17-12-16(29-3)5-6-18(17)25)9-21-23(28)22-19(27)10-15(26)11-20(22)30-21/h4-5,12-15,30-31H,6-11H2,1-3H3;5-6,9-13,26-27H,4,7-8H2,1-3H3/b24-15-;21-9-. The Bertz CT molecular complexity index is 2850. The molecule has 6 aromatic rings. The summed E-state index contributed by atoms with van der Waals surface area (Å²) in [6.07, 6.45) is 6.36. The van der Waals surface area contributed by atoms with E-state index in [1.807, 2.05) is 63.6 Å². The van der Waals surface area contributed by atoms with E-state index in [0.29, 0.717) is 0 Å². The van der Waals surface area contributed by atoms with Crippen molar-refractivity contribution >= 4 is 45.5 Å². The zero-order chi connectivity index (χ0) is 45.4. The van der Waals surface area contributed by atoms with E-state index in [9.17, 15) is 30.0 Å². The molecule has 0 bridgehead atoms. The van der Waals surface area contributed by atoms with E-state index in [-0.39, 0.29) is 57.1 Å². The molecule has 15 heteroatoms. The number of rotatable bonds is 11. The first kappa shape index (κ1) is 43.7. The summed E-state index contributed by atoms with van der Waals surface area (Å²) in [5.74, 6) is 0.217. The van der Waals surface area contributed by atoms with Crippen LogP contribution < -0.4 is 18.9 Å².